The third kappa shape index (κ3) is 2.98. The summed E-state index contributed by atoms with van der Waals surface area (Å²) in [6, 6.07) is 18.4. The van der Waals surface area contributed by atoms with E-state index in [1.54, 1.807) is 13.8 Å². The Morgan fingerprint density at radius 2 is 1.48 bits per heavy atom. The van der Waals surface area contributed by atoms with Gasteiger partial charge in [-0.1, -0.05) is 60.7 Å². The van der Waals surface area contributed by atoms with Gasteiger partial charge in [0.15, 0.2) is 0 Å². The summed E-state index contributed by atoms with van der Waals surface area (Å²) in [4.78, 5) is 12.2. The highest BCUT2D eigenvalue weighted by atomic mass is 16.5. The van der Waals surface area contributed by atoms with Crippen LogP contribution in [0.1, 0.15) is 25.0 Å². The molecule has 3 nitrogen and oxygen atoms in total. The number of aliphatic hydroxyl groups is 1. The monoisotopic (exact) mass is 284 g/mol. The molecule has 0 radical (unpaired) electrons. The molecule has 0 spiro atoms. The van der Waals surface area contributed by atoms with E-state index in [1.165, 1.54) is 0 Å². The number of hydrogen-bond donors (Lipinski definition) is 1. The summed E-state index contributed by atoms with van der Waals surface area (Å²) in [7, 11) is 0. The highest BCUT2D eigenvalue weighted by molar-refractivity contribution is 5.75. The highest BCUT2D eigenvalue weighted by Crippen LogP contribution is 2.37. The molecule has 0 amide bonds. The van der Waals surface area contributed by atoms with Crippen molar-refractivity contribution in [3.05, 3.63) is 71.8 Å². The number of hydrogen-bond acceptors (Lipinski definition) is 3. The van der Waals surface area contributed by atoms with Gasteiger partial charge in [-0.05, 0) is 25.0 Å². The molecule has 0 fully saturated rings. The van der Waals surface area contributed by atoms with Gasteiger partial charge in [-0.3, -0.25) is 4.79 Å². The van der Waals surface area contributed by atoms with Crippen molar-refractivity contribution in [1.29, 1.82) is 0 Å². The van der Waals surface area contributed by atoms with E-state index in [2.05, 4.69) is 0 Å². The summed E-state index contributed by atoms with van der Waals surface area (Å²) in [5, 5.41) is 11.3. The third-order valence-electron chi connectivity index (χ3n) is 3.69. The van der Waals surface area contributed by atoms with E-state index >= 15 is 0 Å². The van der Waals surface area contributed by atoms with Crippen LogP contribution in [0.4, 0.5) is 0 Å². The van der Waals surface area contributed by atoms with Crippen molar-refractivity contribution in [2.75, 3.05) is 6.61 Å². The predicted octanol–water partition coefficient (Wildman–Crippen LogP) is 3.12. The van der Waals surface area contributed by atoms with Gasteiger partial charge in [0.05, 0.1) is 12.5 Å². The molecule has 110 valence electrons. The molecule has 1 N–H and O–H groups in total. The standard InChI is InChI=1S/C18H20O3/c1-3-21-17(19)14(2)18(20,15-10-6-4-7-11-15)16-12-8-5-9-13-16/h4-14,20H,3H2,1-2H3. The molecule has 0 aliphatic heterocycles. The molecule has 0 heterocycles. The van der Waals surface area contributed by atoms with Crippen molar-refractivity contribution < 1.29 is 14.6 Å². The van der Waals surface area contributed by atoms with Crippen molar-refractivity contribution in [1.82, 2.24) is 0 Å². The first-order valence-corrected chi connectivity index (χ1v) is 7.10. The summed E-state index contributed by atoms with van der Waals surface area (Å²) in [6.45, 7) is 3.75. The van der Waals surface area contributed by atoms with Crippen molar-refractivity contribution in [3.8, 4) is 0 Å². The molecule has 0 bridgehead atoms. The average molecular weight is 284 g/mol. The summed E-state index contributed by atoms with van der Waals surface area (Å²) in [5.74, 6) is -1.12. The first kappa shape index (κ1) is 15.3. The highest BCUT2D eigenvalue weighted by Gasteiger charge is 2.42. The van der Waals surface area contributed by atoms with Gasteiger partial charge in [0.2, 0.25) is 0 Å². The summed E-state index contributed by atoms with van der Waals surface area (Å²) < 4.78 is 5.09. The van der Waals surface area contributed by atoms with E-state index in [1.807, 2.05) is 60.7 Å². The molecular formula is C18H20O3. The Kier molecular flexibility index (Phi) is 4.76. The van der Waals surface area contributed by atoms with Gasteiger partial charge in [-0.25, -0.2) is 0 Å². The Balaban J connectivity index is 2.52. The van der Waals surface area contributed by atoms with E-state index in [0.717, 1.165) is 0 Å². The second-order valence-corrected chi connectivity index (χ2v) is 4.97. The Bertz CT molecular complexity index is 538. The molecule has 2 aromatic rings. The zero-order chi connectivity index (χ0) is 15.3. The second kappa shape index (κ2) is 6.55. The second-order valence-electron chi connectivity index (χ2n) is 4.97. The number of rotatable bonds is 5. The number of carbonyl (C=O) groups is 1. The van der Waals surface area contributed by atoms with Crippen LogP contribution in [-0.2, 0) is 15.1 Å². The van der Waals surface area contributed by atoms with Gasteiger partial charge in [-0.15, -0.1) is 0 Å². The molecule has 0 aromatic heterocycles. The van der Waals surface area contributed by atoms with Gasteiger partial charge in [0.25, 0.3) is 0 Å². The van der Waals surface area contributed by atoms with E-state index in [0.29, 0.717) is 17.7 Å². The fraction of sp³-hybridized carbons (Fsp3) is 0.278. The Morgan fingerprint density at radius 3 is 1.86 bits per heavy atom. The van der Waals surface area contributed by atoms with Crippen LogP contribution in [0.2, 0.25) is 0 Å². The van der Waals surface area contributed by atoms with E-state index < -0.39 is 17.5 Å². The molecule has 3 heteroatoms. The molecule has 2 aromatic carbocycles. The lowest BCUT2D eigenvalue weighted by molar-refractivity contribution is -0.155. The van der Waals surface area contributed by atoms with Crippen molar-refractivity contribution in [2.24, 2.45) is 5.92 Å². The van der Waals surface area contributed by atoms with Crippen LogP contribution < -0.4 is 0 Å². The maximum atomic E-state index is 12.2. The van der Waals surface area contributed by atoms with Gasteiger partial charge >= 0.3 is 5.97 Å². The molecule has 21 heavy (non-hydrogen) atoms. The minimum atomic E-state index is -1.41. The molecule has 0 saturated carbocycles. The van der Waals surface area contributed by atoms with E-state index in [-0.39, 0.29) is 0 Å². The van der Waals surface area contributed by atoms with Gasteiger partial charge < -0.3 is 9.84 Å². The van der Waals surface area contributed by atoms with Crippen LogP contribution >= 0.6 is 0 Å². The summed E-state index contributed by atoms with van der Waals surface area (Å²) >= 11 is 0. The maximum absolute atomic E-state index is 12.2. The Morgan fingerprint density at radius 1 is 1.05 bits per heavy atom. The largest absolute Gasteiger partial charge is 0.466 e. The Hall–Kier alpha value is -2.13. The van der Waals surface area contributed by atoms with Crippen LogP contribution in [0, 0.1) is 5.92 Å². The fourth-order valence-corrected chi connectivity index (χ4v) is 2.49. The number of esters is 1. The molecule has 0 saturated heterocycles. The van der Waals surface area contributed by atoms with Gasteiger partial charge in [-0.2, -0.15) is 0 Å². The molecular weight excluding hydrogens is 264 g/mol. The lowest BCUT2D eigenvalue weighted by atomic mass is 9.77. The van der Waals surface area contributed by atoms with Crippen LogP contribution in [0.15, 0.2) is 60.7 Å². The minimum Gasteiger partial charge on any atom is -0.466 e. The average Bonchev–Trinajstić information content (AvgIpc) is 2.55. The first-order valence-electron chi connectivity index (χ1n) is 7.10. The molecule has 0 aliphatic carbocycles. The third-order valence-corrected chi connectivity index (χ3v) is 3.69. The maximum Gasteiger partial charge on any atom is 0.312 e. The molecule has 1 unspecified atom stereocenters. The van der Waals surface area contributed by atoms with Crippen LogP contribution in [0.5, 0.6) is 0 Å². The SMILES string of the molecule is CCOC(=O)C(C)C(O)(c1ccccc1)c1ccccc1. The van der Waals surface area contributed by atoms with Crippen molar-refractivity contribution in [3.63, 3.8) is 0 Å². The van der Waals surface area contributed by atoms with Crippen LogP contribution in [0.25, 0.3) is 0 Å². The Labute approximate surface area is 125 Å². The lowest BCUT2D eigenvalue weighted by Crippen LogP contribution is -2.40. The minimum absolute atomic E-state index is 0.294. The number of ether oxygens (including phenoxy) is 1. The topological polar surface area (TPSA) is 46.5 Å². The number of carbonyl (C=O) groups excluding carboxylic acids is 1. The predicted molar refractivity (Wildman–Crippen MR) is 81.7 cm³/mol. The molecule has 1 atom stereocenters. The summed E-state index contributed by atoms with van der Waals surface area (Å²) in [6.07, 6.45) is 0. The smallest absolute Gasteiger partial charge is 0.312 e. The van der Waals surface area contributed by atoms with Crippen LogP contribution in [-0.4, -0.2) is 17.7 Å². The van der Waals surface area contributed by atoms with Crippen LogP contribution in [0.3, 0.4) is 0 Å². The van der Waals surface area contributed by atoms with Gasteiger partial charge in [0.1, 0.15) is 5.60 Å². The van der Waals surface area contributed by atoms with E-state index in [9.17, 15) is 9.90 Å². The molecule has 0 aliphatic rings. The zero-order valence-corrected chi connectivity index (χ0v) is 12.3. The van der Waals surface area contributed by atoms with Crippen molar-refractivity contribution in [2.45, 2.75) is 19.4 Å². The van der Waals surface area contributed by atoms with Crippen molar-refractivity contribution >= 4 is 5.97 Å². The molecule has 2 rings (SSSR count). The zero-order valence-electron chi connectivity index (χ0n) is 12.3. The first-order chi connectivity index (χ1) is 10.1. The number of benzene rings is 2. The van der Waals surface area contributed by atoms with E-state index in [4.69, 9.17) is 4.74 Å². The summed E-state index contributed by atoms with van der Waals surface area (Å²) in [5.41, 5.74) is -0.0529. The quantitative estimate of drug-likeness (QED) is 0.858. The normalized spacial score (nSPS) is 12.7. The lowest BCUT2D eigenvalue weighted by Gasteiger charge is -2.33. The fourth-order valence-electron chi connectivity index (χ4n) is 2.49. The van der Waals surface area contributed by atoms with Gasteiger partial charge in [0, 0.05) is 0 Å².